The zero-order valence-electron chi connectivity index (χ0n) is 18.6. The molecule has 2 heterocycles. The normalized spacial score (nSPS) is 24.7. The Morgan fingerprint density at radius 1 is 0.833 bits per heavy atom. The van der Waals surface area contributed by atoms with Gasteiger partial charge in [-0.3, -0.25) is 9.69 Å². The average molecular weight is 413 g/mol. The van der Waals surface area contributed by atoms with Gasteiger partial charge in [-0.25, -0.2) is 0 Å². The number of anilines is 1. The molecule has 2 saturated heterocycles. The molecule has 0 bridgehead atoms. The molecule has 3 aliphatic rings. The molecule has 1 saturated carbocycles. The number of nitrogens with one attached hydrogen (secondary N) is 1. The van der Waals surface area contributed by atoms with Crippen molar-refractivity contribution < 1.29 is 4.79 Å². The van der Waals surface area contributed by atoms with E-state index in [4.69, 9.17) is 0 Å². The Bertz CT molecular complexity index is 646. The van der Waals surface area contributed by atoms with Gasteiger partial charge < -0.3 is 15.1 Å². The van der Waals surface area contributed by atoms with Crippen LogP contribution in [-0.4, -0.2) is 74.6 Å². The zero-order chi connectivity index (χ0) is 20.6. The Morgan fingerprint density at radius 3 is 2.43 bits per heavy atom. The van der Waals surface area contributed by atoms with Crippen LogP contribution in [-0.2, 0) is 4.79 Å². The number of hydrogen-bond donors (Lipinski definition) is 1. The maximum absolute atomic E-state index is 12.6. The summed E-state index contributed by atoms with van der Waals surface area (Å²) in [7, 11) is 0. The molecule has 5 nitrogen and oxygen atoms in total. The summed E-state index contributed by atoms with van der Waals surface area (Å²) in [5, 5.41) is 3.22. The summed E-state index contributed by atoms with van der Waals surface area (Å²) in [5.41, 5.74) is 1.30. The lowest BCUT2D eigenvalue weighted by Gasteiger charge is -2.28. The molecular formula is C25H40N4O. The highest BCUT2D eigenvalue weighted by atomic mass is 16.2. The Hall–Kier alpha value is -1.59. The molecule has 0 aromatic heterocycles. The molecule has 2 aliphatic heterocycles. The quantitative estimate of drug-likeness (QED) is 0.746. The Morgan fingerprint density at radius 2 is 1.60 bits per heavy atom. The lowest BCUT2D eigenvalue weighted by Crippen LogP contribution is -2.41. The van der Waals surface area contributed by atoms with Gasteiger partial charge in [0.15, 0.2) is 0 Å². The summed E-state index contributed by atoms with van der Waals surface area (Å²) < 4.78 is 0. The number of carbonyl (C=O) groups excluding carboxylic acids is 1. The van der Waals surface area contributed by atoms with E-state index in [1.54, 1.807) is 0 Å². The van der Waals surface area contributed by atoms with Gasteiger partial charge in [-0.1, -0.05) is 37.5 Å². The van der Waals surface area contributed by atoms with E-state index in [0.717, 1.165) is 51.6 Å². The Kier molecular flexibility index (Phi) is 8.04. The number of benzene rings is 1. The molecule has 0 spiro atoms. The third-order valence-electron chi connectivity index (χ3n) is 7.28. The summed E-state index contributed by atoms with van der Waals surface area (Å²) in [6.07, 6.45) is 9.48. The molecule has 166 valence electrons. The second-order valence-corrected chi connectivity index (χ2v) is 9.67. The SMILES string of the molecule is O=C(CN1CCCN(CC2CCCCC2)CC1)NC[C@H]1CCN(c2ccccc2)C1. The van der Waals surface area contributed by atoms with Gasteiger partial charge in [0, 0.05) is 45.0 Å². The largest absolute Gasteiger partial charge is 0.371 e. The first kappa shape index (κ1) is 21.6. The van der Waals surface area contributed by atoms with E-state index in [1.807, 2.05) is 0 Å². The molecule has 5 heteroatoms. The smallest absolute Gasteiger partial charge is 0.234 e. The van der Waals surface area contributed by atoms with Crippen LogP contribution in [0, 0.1) is 11.8 Å². The van der Waals surface area contributed by atoms with Crippen LogP contribution in [0.5, 0.6) is 0 Å². The van der Waals surface area contributed by atoms with Crippen molar-refractivity contribution >= 4 is 11.6 Å². The van der Waals surface area contributed by atoms with Gasteiger partial charge in [-0.15, -0.1) is 0 Å². The maximum Gasteiger partial charge on any atom is 0.234 e. The van der Waals surface area contributed by atoms with Gasteiger partial charge in [-0.2, -0.15) is 0 Å². The third-order valence-corrected chi connectivity index (χ3v) is 7.28. The van der Waals surface area contributed by atoms with Crippen LogP contribution in [0.2, 0.25) is 0 Å². The molecule has 1 amide bonds. The highest BCUT2D eigenvalue weighted by molar-refractivity contribution is 5.78. The predicted molar refractivity (Wildman–Crippen MR) is 124 cm³/mol. The highest BCUT2D eigenvalue weighted by Gasteiger charge is 2.24. The zero-order valence-corrected chi connectivity index (χ0v) is 18.6. The van der Waals surface area contributed by atoms with E-state index < -0.39 is 0 Å². The number of rotatable bonds is 7. The molecule has 0 unspecified atom stereocenters. The van der Waals surface area contributed by atoms with E-state index in [9.17, 15) is 4.79 Å². The van der Waals surface area contributed by atoms with Gasteiger partial charge in [-0.05, 0) is 62.7 Å². The van der Waals surface area contributed by atoms with Gasteiger partial charge in [0.25, 0.3) is 0 Å². The monoisotopic (exact) mass is 412 g/mol. The summed E-state index contributed by atoms with van der Waals surface area (Å²) in [6, 6.07) is 10.6. The number of hydrogen-bond acceptors (Lipinski definition) is 4. The molecular weight excluding hydrogens is 372 g/mol. The minimum atomic E-state index is 0.203. The van der Waals surface area contributed by atoms with Crippen LogP contribution >= 0.6 is 0 Å². The molecule has 1 aliphatic carbocycles. The maximum atomic E-state index is 12.6. The van der Waals surface area contributed by atoms with E-state index in [2.05, 4.69) is 50.3 Å². The number of para-hydroxylation sites is 1. The van der Waals surface area contributed by atoms with Crippen LogP contribution < -0.4 is 10.2 Å². The fourth-order valence-electron chi connectivity index (χ4n) is 5.49. The van der Waals surface area contributed by atoms with Crippen molar-refractivity contribution in [3.63, 3.8) is 0 Å². The first-order valence-corrected chi connectivity index (χ1v) is 12.3. The molecule has 3 fully saturated rings. The molecule has 0 radical (unpaired) electrons. The van der Waals surface area contributed by atoms with Crippen molar-refractivity contribution in [2.24, 2.45) is 11.8 Å². The van der Waals surface area contributed by atoms with Crippen LogP contribution in [0.25, 0.3) is 0 Å². The molecule has 1 N–H and O–H groups in total. The van der Waals surface area contributed by atoms with Crippen molar-refractivity contribution in [2.75, 3.05) is 63.8 Å². The fourth-order valence-corrected chi connectivity index (χ4v) is 5.49. The van der Waals surface area contributed by atoms with E-state index in [-0.39, 0.29) is 5.91 Å². The van der Waals surface area contributed by atoms with Crippen molar-refractivity contribution in [1.82, 2.24) is 15.1 Å². The average Bonchev–Trinajstić information content (AvgIpc) is 3.16. The summed E-state index contributed by atoms with van der Waals surface area (Å²) in [6.45, 7) is 9.20. The predicted octanol–water partition coefficient (Wildman–Crippen LogP) is 3.22. The van der Waals surface area contributed by atoms with Crippen LogP contribution in [0.3, 0.4) is 0 Å². The number of nitrogens with zero attached hydrogens (tertiary/aromatic N) is 3. The highest BCUT2D eigenvalue weighted by Crippen LogP contribution is 2.25. The van der Waals surface area contributed by atoms with E-state index >= 15 is 0 Å². The molecule has 1 aromatic rings. The first-order valence-electron chi connectivity index (χ1n) is 12.3. The topological polar surface area (TPSA) is 38.8 Å². The lowest BCUT2D eigenvalue weighted by molar-refractivity contribution is -0.122. The fraction of sp³-hybridized carbons (Fsp3) is 0.720. The second-order valence-electron chi connectivity index (χ2n) is 9.67. The van der Waals surface area contributed by atoms with Gasteiger partial charge >= 0.3 is 0 Å². The summed E-state index contributed by atoms with van der Waals surface area (Å²) >= 11 is 0. The van der Waals surface area contributed by atoms with Crippen molar-refractivity contribution in [3.8, 4) is 0 Å². The van der Waals surface area contributed by atoms with Gasteiger partial charge in [0.2, 0.25) is 5.91 Å². The summed E-state index contributed by atoms with van der Waals surface area (Å²) in [5.74, 6) is 1.67. The third kappa shape index (κ3) is 6.45. The Balaban J connectivity index is 1.13. The molecule has 1 aromatic carbocycles. The van der Waals surface area contributed by atoms with Crippen molar-refractivity contribution in [3.05, 3.63) is 30.3 Å². The van der Waals surface area contributed by atoms with E-state index in [1.165, 1.54) is 57.3 Å². The van der Waals surface area contributed by atoms with Crippen LogP contribution in [0.4, 0.5) is 5.69 Å². The molecule has 30 heavy (non-hydrogen) atoms. The standard InChI is InChI=1S/C25H40N4O/c30-25(26-18-23-12-15-29(20-23)24-10-5-2-6-11-24)21-28-14-7-13-27(16-17-28)19-22-8-3-1-4-9-22/h2,5-6,10-11,22-23H,1,3-4,7-9,12-21H2,(H,26,30)/t23-/m1/s1. The van der Waals surface area contributed by atoms with E-state index in [0.29, 0.717) is 12.5 Å². The number of amides is 1. The molecule has 1 atom stereocenters. The molecule has 4 rings (SSSR count). The van der Waals surface area contributed by atoms with Crippen LogP contribution in [0.1, 0.15) is 44.9 Å². The minimum absolute atomic E-state index is 0.203. The van der Waals surface area contributed by atoms with Gasteiger partial charge in [0.1, 0.15) is 0 Å². The second kappa shape index (κ2) is 11.1. The minimum Gasteiger partial charge on any atom is -0.371 e. The van der Waals surface area contributed by atoms with Crippen molar-refractivity contribution in [2.45, 2.75) is 44.9 Å². The van der Waals surface area contributed by atoms with Gasteiger partial charge in [0.05, 0.1) is 6.54 Å². The number of carbonyl (C=O) groups is 1. The Labute approximate surface area is 182 Å². The van der Waals surface area contributed by atoms with Crippen LogP contribution in [0.15, 0.2) is 30.3 Å². The lowest BCUT2D eigenvalue weighted by atomic mass is 9.89. The van der Waals surface area contributed by atoms with Crippen molar-refractivity contribution in [1.29, 1.82) is 0 Å². The first-order chi connectivity index (χ1) is 14.8. The summed E-state index contributed by atoms with van der Waals surface area (Å²) in [4.78, 5) is 20.0.